The van der Waals surface area contributed by atoms with Crippen LogP contribution in [0.1, 0.15) is 23.9 Å². The van der Waals surface area contributed by atoms with Gasteiger partial charge in [0.2, 0.25) is 0 Å². The first-order chi connectivity index (χ1) is 11.2. The van der Waals surface area contributed by atoms with E-state index in [1.807, 2.05) is 65.2 Å². The summed E-state index contributed by atoms with van der Waals surface area (Å²) in [5.74, 6) is 0.337. The maximum atomic E-state index is 13.0. The summed E-state index contributed by atoms with van der Waals surface area (Å²) in [6, 6.07) is 17.7. The standard InChI is InChI=1S/C19H17NO2S/c1-13-10-11-20(15-7-3-5-9-18(15)23-13)19(21)17-12-14-6-2-4-8-16(14)22-17/h2-9,12-13H,10-11H2,1H3. The minimum atomic E-state index is -0.0663. The van der Waals surface area contributed by atoms with E-state index in [2.05, 4.69) is 13.0 Å². The van der Waals surface area contributed by atoms with E-state index in [-0.39, 0.29) is 5.91 Å². The average molecular weight is 323 g/mol. The number of carbonyl (C=O) groups excluding carboxylic acids is 1. The van der Waals surface area contributed by atoms with Crippen molar-refractivity contribution >= 4 is 34.3 Å². The van der Waals surface area contributed by atoms with Crippen LogP contribution in [-0.2, 0) is 0 Å². The molecule has 1 aliphatic rings. The van der Waals surface area contributed by atoms with E-state index in [1.54, 1.807) is 0 Å². The summed E-state index contributed by atoms with van der Waals surface area (Å²) in [6.07, 6.45) is 0.964. The van der Waals surface area contributed by atoms with E-state index in [0.29, 0.717) is 17.6 Å². The fourth-order valence-corrected chi connectivity index (χ4v) is 4.03. The van der Waals surface area contributed by atoms with Gasteiger partial charge in [-0.2, -0.15) is 0 Å². The molecule has 0 saturated carbocycles. The lowest BCUT2D eigenvalue weighted by Gasteiger charge is -2.21. The highest BCUT2D eigenvalue weighted by Crippen LogP contribution is 2.38. The van der Waals surface area contributed by atoms with Crippen molar-refractivity contribution in [3.05, 3.63) is 60.4 Å². The van der Waals surface area contributed by atoms with Crippen LogP contribution in [0.3, 0.4) is 0 Å². The van der Waals surface area contributed by atoms with Crippen LogP contribution in [0, 0.1) is 0 Å². The van der Waals surface area contributed by atoms with Gasteiger partial charge in [-0.05, 0) is 30.7 Å². The lowest BCUT2D eigenvalue weighted by Crippen LogP contribution is -2.31. The number of benzene rings is 2. The minimum Gasteiger partial charge on any atom is -0.451 e. The third kappa shape index (κ3) is 2.63. The van der Waals surface area contributed by atoms with Crippen molar-refractivity contribution in [2.45, 2.75) is 23.5 Å². The summed E-state index contributed by atoms with van der Waals surface area (Å²) in [5.41, 5.74) is 1.73. The predicted molar refractivity (Wildman–Crippen MR) is 94.3 cm³/mol. The zero-order chi connectivity index (χ0) is 15.8. The first-order valence-corrected chi connectivity index (χ1v) is 8.66. The van der Waals surface area contributed by atoms with Crippen LogP contribution in [0.15, 0.2) is 63.9 Å². The third-order valence-electron chi connectivity index (χ3n) is 4.12. The van der Waals surface area contributed by atoms with Crippen molar-refractivity contribution in [2.24, 2.45) is 0 Å². The Hall–Kier alpha value is -2.20. The van der Waals surface area contributed by atoms with Gasteiger partial charge >= 0.3 is 0 Å². The van der Waals surface area contributed by atoms with Crippen molar-refractivity contribution in [1.82, 2.24) is 0 Å². The van der Waals surface area contributed by atoms with Gasteiger partial charge in [0.1, 0.15) is 5.58 Å². The van der Waals surface area contributed by atoms with Crippen LogP contribution in [-0.4, -0.2) is 17.7 Å². The van der Waals surface area contributed by atoms with Crippen molar-refractivity contribution in [2.75, 3.05) is 11.4 Å². The molecule has 1 unspecified atom stereocenters. The molecule has 1 amide bonds. The number of furan rings is 1. The molecular formula is C19H17NO2S. The van der Waals surface area contributed by atoms with E-state index in [4.69, 9.17) is 4.42 Å². The number of anilines is 1. The molecule has 0 bridgehead atoms. The molecule has 2 aromatic carbocycles. The smallest absolute Gasteiger partial charge is 0.294 e. The van der Waals surface area contributed by atoms with Crippen molar-refractivity contribution in [1.29, 1.82) is 0 Å². The molecule has 0 fully saturated rings. The summed E-state index contributed by atoms with van der Waals surface area (Å²) in [6.45, 7) is 2.91. The van der Waals surface area contributed by atoms with Gasteiger partial charge < -0.3 is 9.32 Å². The number of rotatable bonds is 1. The summed E-state index contributed by atoms with van der Waals surface area (Å²) in [5, 5.41) is 1.45. The molecular weight excluding hydrogens is 306 g/mol. The number of fused-ring (bicyclic) bond motifs is 2. The highest BCUT2D eigenvalue weighted by molar-refractivity contribution is 8.00. The van der Waals surface area contributed by atoms with E-state index in [9.17, 15) is 4.79 Å². The second-order valence-electron chi connectivity index (χ2n) is 5.79. The van der Waals surface area contributed by atoms with Crippen LogP contribution in [0.25, 0.3) is 11.0 Å². The van der Waals surface area contributed by atoms with E-state index >= 15 is 0 Å². The Morgan fingerprint density at radius 2 is 1.96 bits per heavy atom. The molecule has 0 radical (unpaired) electrons. The maximum absolute atomic E-state index is 13.0. The number of hydrogen-bond donors (Lipinski definition) is 0. The Morgan fingerprint density at radius 1 is 1.17 bits per heavy atom. The molecule has 116 valence electrons. The zero-order valence-corrected chi connectivity index (χ0v) is 13.7. The Kier molecular flexibility index (Phi) is 3.62. The molecule has 1 aliphatic heterocycles. The van der Waals surface area contributed by atoms with Gasteiger partial charge in [0, 0.05) is 22.1 Å². The molecule has 1 aromatic heterocycles. The summed E-state index contributed by atoms with van der Waals surface area (Å²) in [7, 11) is 0. The number of thioether (sulfide) groups is 1. The largest absolute Gasteiger partial charge is 0.451 e. The quantitative estimate of drug-likeness (QED) is 0.634. The number of para-hydroxylation sites is 2. The Bertz CT molecular complexity index is 837. The molecule has 0 aliphatic carbocycles. The number of hydrogen-bond acceptors (Lipinski definition) is 3. The third-order valence-corrected chi connectivity index (χ3v) is 5.36. The van der Waals surface area contributed by atoms with E-state index in [1.165, 1.54) is 0 Å². The summed E-state index contributed by atoms with van der Waals surface area (Å²) < 4.78 is 5.77. The van der Waals surface area contributed by atoms with Gasteiger partial charge in [0.05, 0.1) is 5.69 Å². The average Bonchev–Trinajstić information content (AvgIpc) is 2.92. The molecule has 4 rings (SSSR count). The molecule has 2 heterocycles. The predicted octanol–water partition coefficient (Wildman–Crippen LogP) is 4.96. The topological polar surface area (TPSA) is 33.5 Å². The molecule has 1 atom stereocenters. The summed E-state index contributed by atoms with van der Waals surface area (Å²) >= 11 is 1.83. The fraction of sp³-hybridized carbons (Fsp3) is 0.211. The van der Waals surface area contributed by atoms with Gasteiger partial charge in [-0.25, -0.2) is 0 Å². The van der Waals surface area contributed by atoms with Crippen LogP contribution < -0.4 is 4.90 Å². The summed E-state index contributed by atoms with van der Waals surface area (Å²) in [4.78, 5) is 16.0. The van der Waals surface area contributed by atoms with Gasteiger partial charge in [0.25, 0.3) is 5.91 Å². The Balaban J connectivity index is 1.75. The first-order valence-electron chi connectivity index (χ1n) is 7.78. The van der Waals surface area contributed by atoms with Gasteiger partial charge in [-0.1, -0.05) is 37.3 Å². The SMILES string of the molecule is CC1CCN(C(=O)c2cc3ccccc3o2)c2ccccc2S1. The van der Waals surface area contributed by atoms with Gasteiger partial charge in [0.15, 0.2) is 5.76 Å². The van der Waals surface area contributed by atoms with Gasteiger partial charge in [-0.3, -0.25) is 4.79 Å². The molecule has 0 spiro atoms. The Labute approximate surface area is 139 Å². The lowest BCUT2D eigenvalue weighted by molar-refractivity contribution is 0.0962. The van der Waals surface area contributed by atoms with E-state index < -0.39 is 0 Å². The fourth-order valence-electron chi connectivity index (χ4n) is 2.92. The van der Waals surface area contributed by atoms with Crippen molar-refractivity contribution in [3.63, 3.8) is 0 Å². The monoisotopic (exact) mass is 323 g/mol. The minimum absolute atomic E-state index is 0.0663. The zero-order valence-electron chi connectivity index (χ0n) is 12.9. The van der Waals surface area contributed by atoms with Crippen LogP contribution in [0.2, 0.25) is 0 Å². The molecule has 0 saturated heterocycles. The van der Waals surface area contributed by atoms with Crippen LogP contribution in [0.5, 0.6) is 0 Å². The second kappa shape index (κ2) is 5.78. The van der Waals surface area contributed by atoms with E-state index in [0.717, 1.165) is 28.0 Å². The van der Waals surface area contributed by atoms with Crippen molar-refractivity contribution < 1.29 is 9.21 Å². The molecule has 4 heteroatoms. The maximum Gasteiger partial charge on any atom is 0.294 e. The number of nitrogens with zero attached hydrogens (tertiary/aromatic N) is 1. The molecule has 3 aromatic rings. The molecule has 3 nitrogen and oxygen atoms in total. The molecule has 0 N–H and O–H groups in total. The number of carbonyl (C=O) groups is 1. The highest BCUT2D eigenvalue weighted by Gasteiger charge is 2.26. The van der Waals surface area contributed by atoms with Crippen LogP contribution in [0.4, 0.5) is 5.69 Å². The normalized spacial score (nSPS) is 17.8. The number of amides is 1. The van der Waals surface area contributed by atoms with Crippen molar-refractivity contribution in [3.8, 4) is 0 Å². The highest BCUT2D eigenvalue weighted by atomic mass is 32.2. The van der Waals surface area contributed by atoms with Crippen LogP contribution >= 0.6 is 11.8 Å². The lowest BCUT2D eigenvalue weighted by atomic mass is 10.2. The first kappa shape index (κ1) is 14.4. The molecule has 23 heavy (non-hydrogen) atoms. The second-order valence-corrected chi connectivity index (χ2v) is 7.27. The Morgan fingerprint density at radius 3 is 2.83 bits per heavy atom. The van der Waals surface area contributed by atoms with Gasteiger partial charge in [-0.15, -0.1) is 11.8 Å².